The fraction of sp³-hybridized carbons (Fsp3) is 0.409. The van der Waals surface area contributed by atoms with Crippen molar-refractivity contribution in [2.24, 2.45) is 0 Å². The van der Waals surface area contributed by atoms with E-state index in [0.717, 1.165) is 6.42 Å². The van der Waals surface area contributed by atoms with Gasteiger partial charge in [-0.3, -0.25) is 14.3 Å². The summed E-state index contributed by atoms with van der Waals surface area (Å²) in [6.07, 6.45) is 0.276. The zero-order valence-corrected chi connectivity index (χ0v) is 20.3. The molecule has 4 aromatic rings. The summed E-state index contributed by atoms with van der Waals surface area (Å²) in [5.41, 5.74) is 1.75. The molecule has 4 aromatic heterocycles. The number of ether oxygens (including phenoxy) is 2. The summed E-state index contributed by atoms with van der Waals surface area (Å²) in [5, 5.41) is 35.1. The van der Waals surface area contributed by atoms with Crippen LogP contribution < -0.4 is 15.4 Å². The van der Waals surface area contributed by atoms with Crippen molar-refractivity contribution in [1.82, 2.24) is 44.8 Å². The van der Waals surface area contributed by atoms with Gasteiger partial charge in [0.05, 0.1) is 25.3 Å². The Morgan fingerprint density at radius 2 is 2.05 bits per heavy atom. The predicted molar refractivity (Wildman–Crippen MR) is 129 cm³/mol. The number of hydrogen-bond acceptors (Lipinski definition) is 12. The smallest absolute Gasteiger partial charge is 0.256 e. The van der Waals surface area contributed by atoms with Crippen LogP contribution in [0, 0.1) is 0 Å². The van der Waals surface area contributed by atoms with Gasteiger partial charge in [0.1, 0.15) is 23.7 Å². The molecule has 0 spiro atoms. The van der Waals surface area contributed by atoms with Crippen LogP contribution >= 0.6 is 0 Å². The van der Waals surface area contributed by atoms with Gasteiger partial charge in [0.25, 0.3) is 11.9 Å². The lowest BCUT2D eigenvalue weighted by Gasteiger charge is -2.17. The predicted octanol–water partition coefficient (Wildman–Crippen LogP) is -0.335. The number of aromatic nitrogens is 8. The van der Waals surface area contributed by atoms with E-state index in [-0.39, 0.29) is 5.95 Å². The van der Waals surface area contributed by atoms with Crippen LogP contribution in [0.5, 0.6) is 5.75 Å². The van der Waals surface area contributed by atoms with Crippen molar-refractivity contribution >= 4 is 22.9 Å². The second-order valence-corrected chi connectivity index (χ2v) is 8.29. The second-order valence-electron chi connectivity index (χ2n) is 8.29. The second kappa shape index (κ2) is 10.0. The summed E-state index contributed by atoms with van der Waals surface area (Å²) in [6.45, 7) is 2.63. The number of aliphatic hydroxyl groups excluding tert-OH is 2. The summed E-state index contributed by atoms with van der Waals surface area (Å²) in [5.74, 6) is 0.679. The highest BCUT2D eigenvalue weighted by atomic mass is 16.6. The number of aliphatic hydroxyl groups is 2. The number of pyridine rings is 1. The van der Waals surface area contributed by atoms with E-state index in [1.807, 2.05) is 6.92 Å². The molecule has 0 aromatic carbocycles. The number of nitrogens with one attached hydrogen (secondary N) is 2. The number of methoxy groups -OCH3 is 1. The largest absolute Gasteiger partial charge is 0.497 e. The van der Waals surface area contributed by atoms with Gasteiger partial charge in [0, 0.05) is 25.9 Å². The highest BCUT2D eigenvalue weighted by Crippen LogP contribution is 2.33. The monoisotopic (exact) mass is 510 g/mol. The van der Waals surface area contributed by atoms with E-state index in [2.05, 4.69) is 40.9 Å². The average Bonchev–Trinajstić information content (AvgIpc) is 3.65. The van der Waals surface area contributed by atoms with E-state index in [0.29, 0.717) is 40.7 Å². The van der Waals surface area contributed by atoms with Crippen molar-refractivity contribution in [3.05, 3.63) is 30.9 Å². The third kappa shape index (κ3) is 4.43. The molecule has 4 atom stereocenters. The Bertz CT molecular complexity index is 1420. The number of likely N-dealkylation sites (N-methyl/N-ethyl adjacent to an activating group) is 1. The molecule has 5 rings (SSSR count). The van der Waals surface area contributed by atoms with Crippen molar-refractivity contribution in [3.8, 4) is 23.1 Å². The van der Waals surface area contributed by atoms with Gasteiger partial charge in [0.15, 0.2) is 29.3 Å². The van der Waals surface area contributed by atoms with E-state index >= 15 is 0 Å². The summed E-state index contributed by atoms with van der Waals surface area (Å²) in [7, 11) is 2.98. The molecule has 194 valence electrons. The standard InChI is InChI=1S/C22H26N10O5/c1-4-6-25-18-14-19(31(10-26-14)21-16(34)15(33)17(37-21)20(35)23-2)28-22(27-18)32-9-13(29-30-32)12-8-11(36-3)5-7-24-12/h5,7-10,15-17,21,33-34H,4,6H2,1-3H3,(H,23,35)(H,25,27,28)/t15-,16+,17-,21?/m0/s1. The number of rotatable bonds is 8. The van der Waals surface area contributed by atoms with Crippen LogP contribution in [-0.2, 0) is 9.53 Å². The van der Waals surface area contributed by atoms with Gasteiger partial charge in [-0.25, -0.2) is 4.98 Å². The highest BCUT2D eigenvalue weighted by Gasteiger charge is 2.47. The van der Waals surface area contributed by atoms with E-state index in [4.69, 9.17) is 9.47 Å². The molecular weight excluding hydrogens is 484 g/mol. The fourth-order valence-electron chi connectivity index (χ4n) is 3.97. The number of nitrogens with zero attached hydrogens (tertiary/aromatic N) is 8. The zero-order chi connectivity index (χ0) is 26.1. The molecule has 15 heteroatoms. The fourth-order valence-corrected chi connectivity index (χ4v) is 3.97. The van der Waals surface area contributed by atoms with Crippen molar-refractivity contribution in [2.75, 3.05) is 26.0 Å². The Hall–Kier alpha value is -4.21. The summed E-state index contributed by atoms with van der Waals surface area (Å²) in [4.78, 5) is 30.0. The van der Waals surface area contributed by atoms with Crippen LogP contribution in [-0.4, -0.2) is 94.6 Å². The van der Waals surface area contributed by atoms with Gasteiger partial charge in [-0.05, 0) is 12.5 Å². The zero-order valence-electron chi connectivity index (χ0n) is 20.3. The molecule has 4 N–H and O–H groups in total. The van der Waals surface area contributed by atoms with Crippen LogP contribution in [0.25, 0.3) is 28.5 Å². The van der Waals surface area contributed by atoms with Gasteiger partial charge in [0.2, 0.25) is 0 Å². The summed E-state index contributed by atoms with van der Waals surface area (Å²) in [6, 6.07) is 3.46. The minimum absolute atomic E-state index is 0.172. The Labute approximate surface area is 210 Å². The first-order chi connectivity index (χ1) is 17.9. The molecule has 5 heterocycles. The van der Waals surface area contributed by atoms with Crippen LogP contribution in [0.4, 0.5) is 5.82 Å². The number of hydrogen-bond donors (Lipinski definition) is 4. The van der Waals surface area contributed by atoms with Gasteiger partial charge in [-0.15, -0.1) is 5.10 Å². The molecule has 1 aliphatic heterocycles. The molecule has 1 fully saturated rings. The number of fused-ring (bicyclic) bond motifs is 1. The minimum Gasteiger partial charge on any atom is -0.497 e. The van der Waals surface area contributed by atoms with Crippen molar-refractivity contribution in [1.29, 1.82) is 0 Å². The molecule has 15 nitrogen and oxygen atoms in total. The topological polar surface area (TPSA) is 187 Å². The first-order valence-corrected chi connectivity index (χ1v) is 11.6. The Balaban J connectivity index is 1.56. The quantitative estimate of drug-likeness (QED) is 0.242. The van der Waals surface area contributed by atoms with Crippen LogP contribution in [0.15, 0.2) is 30.9 Å². The summed E-state index contributed by atoms with van der Waals surface area (Å²) < 4.78 is 13.8. The van der Waals surface area contributed by atoms with Crippen LogP contribution in [0.3, 0.4) is 0 Å². The molecule has 0 radical (unpaired) electrons. The highest BCUT2D eigenvalue weighted by molar-refractivity contribution is 5.84. The van der Waals surface area contributed by atoms with Crippen molar-refractivity contribution in [3.63, 3.8) is 0 Å². The maximum atomic E-state index is 12.1. The maximum absolute atomic E-state index is 12.1. The SMILES string of the molecule is CCCNc1nc(-n2cc(-c3cc(OC)ccn3)nn2)nc2c1ncn2C1O[C@H](C(=O)NC)[C@@H](O)[C@H]1O. The Kier molecular flexibility index (Phi) is 6.64. The average molecular weight is 511 g/mol. The molecule has 0 aliphatic carbocycles. The minimum atomic E-state index is -1.44. The third-order valence-corrected chi connectivity index (χ3v) is 5.90. The first-order valence-electron chi connectivity index (χ1n) is 11.6. The maximum Gasteiger partial charge on any atom is 0.256 e. The number of carbonyl (C=O) groups excluding carboxylic acids is 1. The molecule has 1 aliphatic rings. The Morgan fingerprint density at radius 3 is 2.81 bits per heavy atom. The van der Waals surface area contributed by atoms with Crippen molar-refractivity contribution in [2.45, 2.75) is 37.9 Å². The van der Waals surface area contributed by atoms with Gasteiger partial charge < -0.3 is 30.3 Å². The van der Waals surface area contributed by atoms with Gasteiger partial charge >= 0.3 is 0 Å². The van der Waals surface area contributed by atoms with Gasteiger partial charge in [-0.2, -0.15) is 14.6 Å². The van der Waals surface area contributed by atoms with Crippen molar-refractivity contribution < 1.29 is 24.5 Å². The lowest BCUT2D eigenvalue weighted by Crippen LogP contribution is -2.41. The third-order valence-electron chi connectivity index (χ3n) is 5.90. The van der Waals surface area contributed by atoms with Gasteiger partial charge in [-0.1, -0.05) is 12.1 Å². The van der Waals surface area contributed by atoms with E-state index in [9.17, 15) is 15.0 Å². The van der Waals surface area contributed by atoms with E-state index in [1.54, 1.807) is 31.6 Å². The van der Waals surface area contributed by atoms with E-state index in [1.165, 1.54) is 22.6 Å². The molecular formula is C22H26N10O5. The number of anilines is 1. The molecule has 0 bridgehead atoms. The lowest BCUT2D eigenvalue weighted by atomic mass is 10.1. The van der Waals surface area contributed by atoms with Crippen LogP contribution in [0.1, 0.15) is 19.6 Å². The number of amides is 1. The Morgan fingerprint density at radius 1 is 1.22 bits per heavy atom. The normalized spacial score (nSPS) is 21.3. The van der Waals surface area contributed by atoms with Crippen LogP contribution in [0.2, 0.25) is 0 Å². The number of imidazole rings is 1. The summed E-state index contributed by atoms with van der Waals surface area (Å²) >= 11 is 0. The van der Waals surface area contributed by atoms with E-state index < -0.39 is 30.4 Å². The molecule has 0 saturated carbocycles. The lowest BCUT2D eigenvalue weighted by molar-refractivity contribution is -0.137. The number of carbonyl (C=O) groups is 1. The molecule has 37 heavy (non-hydrogen) atoms. The molecule has 1 unspecified atom stereocenters. The molecule has 1 amide bonds. The first kappa shape index (κ1) is 24.5. The molecule has 1 saturated heterocycles.